The minimum atomic E-state index is -4.92. The zero-order valence-electron chi connectivity index (χ0n) is 25.2. The van der Waals surface area contributed by atoms with E-state index in [0.717, 1.165) is 5.71 Å². The zero-order chi connectivity index (χ0) is 32.5. The van der Waals surface area contributed by atoms with Crippen LogP contribution in [0.25, 0.3) is 11.0 Å². The molecule has 0 aliphatic carbocycles. The lowest BCUT2D eigenvalue weighted by atomic mass is 10.2. The molecule has 44 heavy (non-hydrogen) atoms. The number of hydrogen-bond donors (Lipinski definition) is 2. The van der Waals surface area contributed by atoms with Crippen molar-refractivity contribution in [2.24, 2.45) is 10.1 Å². The van der Waals surface area contributed by atoms with Gasteiger partial charge in [-0.1, -0.05) is 38.6 Å². The summed E-state index contributed by atoms with van der Waals surface area (Å²) < 4.78 is 50.1. The molecule has 0 unspecified atom stereocenters. The molecule has 2 aromatic rings. The van der Waals surface area contributed by atoms with Crippen LogP contribution in [-0.2, 0) is 19.1 Å². The Morgan fingerprint density at radius 2 is 2.09 bits per heavy atom. The number of halogens is 3. The number of rotatable bonds is 13. The fourth-order valence-electron chi connectivity index (χ4n) is 3.83. The Labute approximate surface area is 261 Å². The molecule has 17 heteroatoms. The van der Waals surface area contributed by atoms with Crippen LogP contribution in [-0.4, -0.2) is 105 Å². The quantitative estimate of drug-likeness (QED) is 0.0621. The first kappa shape index (κ1) is 35.4. The predicted octanol–water partition coefficient (Wildman–Crippen LogP) is 3.88. The van der Waals surface area contributed by atoms with Crippen molar-refractivity contribution in [1.82, 2.24) is 24.8 Å². The van der Waals surface area contributed by atoms with Crippen molar-refractivity contribution >= 4 is 56.4 Å². The highest BCUT2D eigenvalue weighted by molar-refractivity contribution is 8.77. The van der Waals surface area contributed by atoms with E-state index in [2.05, 4.69) is 32.0 Å². The molecular weight excluding hydrogens is 623 g/mol. The van der Waals surface area contributed by atoms with Crippen LogP contribution in [0, 0.1) is 11.8 Å². The van der Waals surface area contributed by atoms with Crippen LogP contribution in [0.5, 0.6) is 0 Å². The van der Waals surface area contributed by atoms with Crippen molar-refractivity contribution in [2.45, 2.75) is 63.5 Å². The minimum absolute atomic E-state index is 0.0757. The van der Waals surface area contributed by atoms with Gasteiger partial charge in [0, 0.05) is 38.0 Å². The summed E-state index contributed by atoms with van der Waals surface area (Å²) in [5.74, 6) is 4.74. The van der Waals surface area contributed by atoms with Crippen LogP contribution in [0.1, 0.15) is 45.9 Å². The highest BCUT2D eigenvalue weighted by atomic mass is 33.1. The number of amides is 1. The average Bonchev–Trinajstić information content (AvgIpc) is 3.54. The molecule has 0 bridgehead atoms. The molecule has 3 heterocycles. The van der Waals surface area contributed by atoms with E-state index in [4.69, 9.17) is 14.3 Å². The van der Waals surface area contributed by atoms with Gasteiger partial charge in [0.1, 0.15) is 36.9 Å². The highest BCUT2D eigenvalue weighted by Crippen LogP contribution is 2.37. The minimum Gasteiger partial charge on any atom is -0.394 e. The lowest BCUT2D eigenvalue weighted by Crippen LogP contribution is -2.42. The first-order valence-electron chi connectivity index (χ1n) is 13.4. The summed E-state index contributed by atoms with van der Waals surface area (Å²) in [5.41, 5.74) is 1.87. The smallest absolute Gasteiger partial charge is 0.394 e. The fourth-order valence-corrected chi connectivity index (χ4v) is 5.97. The van der Waals surface area contributed by atoms with E-state index in [1.807, 2.05) is 37.8 Å². The second-order valence-corrected chi connectivity index (χ2v) is 13.6. The molecule has 0 spiro atoms. The number of aliphatic imine (C=N–C) groups is 1. The van der Waals surface area contributed by atoms with Gasteiger partial charge in [-0.2, -0.15) is 13.2 Å². The lowest BCUT2D eigenvalue weighted by molar-refractivity contribution is -0.173. The zero-order valence-corrected chi connectivity index (χ0v) is 26.8. The van der Waals surface area contributed by atoms with Crippen molar-refractivity contribution in [3.63, 3.8) is 0 Å². The van der Waals surface area contributed by atoms with Gasteiger partial charge >= 0.3 is 12.1 Å². The number of carbonyl (C=O) groups is 1. The monoisotopic (exact) mass is 659 g/mol. The number of fused-ring (bicyclic) bond motifs is 1. The second-order valence-electron chi connectivity index (χ2n) is 10.7. The molecule has 1 aliphatic heterocycles. The molecule has 1 amide bonds. The summed E-state index contributed by atoms with van der Waals surface area (Å²) in [6.07, 6.45) is -1.26. The van der Waals surface area contributed by atoms with Crippen LogP contribution in [0.2, 0.25) is 0 Å². The Bertz CT molecular complexity index is 1400. The molecule has 1 fully saturated rings. The van der Waals surface area contributed by atoms with Crippen LogP contribution in [0.4, 0.5) is 19.0 Å². The van der Waals surface area contributed by atoms with E-state index >= 15 is 0 Å². The SMILES string of the molecule is CC(C)=NO[C@@H]1C[C@H](n2cc(C#CCOCSSC(C)(C)CNC(=O)C(F)(F)F)c3c(/N=C/N(C)C)ncnc32)O[C@@H]1CO. The Morgan fingerprint density at radius 1 is 1.34 bits per heavy atom. The molecule has 2 N–H and O–H groups in total. The summed E-state index contributed by atoms with van der Waals surface area (Å²) in [5, 5.41) is 16.4. The lowest BCUT2D eigenvalue weighted by Gasteiger charge is -2.23. The Balaban J connectivity index is 1.71. The van der Waals surface area contributed by atoms with Crippen LogP contribution >= 0.6 is 21.6 Å². The number of nitrogens with one attached hydrogen (secondary N) is 1. The molecule has 0 aromatic carbocycles. The van der Waals surface area contributed by atoms with Crippen LogP contribution in [0.3, 0.4) is 0 Å². The summed E-state index contributed by atoms with van der Waals surface area (Å²) in [4.78, 5) is 31.8. The standard InChI is InChI=1S/C27H36F3N7O5S2/c1-17(2)35-42-19-10-21(41-20(19)12-38)37-11-18(22-23(34-15-36(5)6)32-14-33-24(22)37)8-7-9-40-16-43-44-26(3,4)13-31-25(39)27(28,29)30/h11,14-15,19-21,38H,9-10,12-13,16H2,1-6H3,(H,31,39)/b34-15+/t19-,20-,21-/m1/s1. The fraction of sp³-hybridized carbons (Fsp3) is 0.593. The number of aromatic nitrogens is 3. The van der Waals surface area contributed by atoms with E-state index < -0.39 is 35.3 Å². The second kappa shape index (κ2) is 15.8. The highest BCUT2D eigenvalue weighted by Gasteiger charge is 2.40. The summed E-state index contributed by atoms with van der Waals surface area (Å²) in [7, 11) is 6.26. The molecule has 3 atom stereocenters. The van der Waals surface area contributed by atoms with Gasteiger partial charge in [-0.25, -0.2) is 15.0 Å². The van der Waals surface area contributed by atoms with Gasteiger partial charge in [0.25, 0.3) is 0 Å². The summed E-state index contributed by atoms with van der Waals surface area (Å²) in [6, 6.07) is 0. The van der Waals surface area contributed by atoms with Crippen LogP contribution in [0.15, 0.2) is 22.7 Å². The molecule has 1 saturated heterocycles. The number of ether oxygens (including phenoxy) is 2. The third-order valence-corrected chi connectivity index (χ3v) is 8.76. The predicted molar refractivity (Wildman–Crippen MR) is 165 cm³/mol. The van der Waals surface area contributed by atoms with Gasteiger partial charge in [-0.3, -0.25) is 4.79 Å². The van der Waals surface area contributed by atoms with Crippen molar-refractivity contribution in [1.29, 1.82) is 0 Å². The molecule has 0 radical (unpaired) electrons. The van der Waals surface area contributed by atoms with Gasteiger partial charge in [0.2, 0.25) is 0 Å². The number of hydrogen-bond acceptors (Lipinski definition) is 11. The normalized spacial score (nSPS) is 18.7. The molecule has 2 aromatic heterocycles. The maximum Gasteiger partial charge on any atom is 0.471 e. The van der Waals surface area contributed by atoms with Crippen molar-refractivity contribution in [2.75, 3.05) is 39.8 Å². The summed E-state index contributed by atoms with van der Waals surface area (Å²) in [6.45, 7) is 6.73. The average molecular weight is 660 g/mol. The largest absolute Gasteiger partial charge is 0.471 e. The maximum atomic E-state index is 12.4. The van der Waals surface area contributed by atoms with E-state index in [-0.39, 0.29) is 25.7 Å². The third-order valence-electron chi connectivity index (χ3n) is 5.79. The molecular formula is C27H36F3N7O5S2. The first-order chi connectivity index (χ1) is 20.7. The van der Waals surface area contributed by atoms with Gasteiger partial charge < -0.3 is 34.2 Å². The van der Waals surface area contributed by atoms with Gasteiger partial charge in [0.05, 0.1) is 29.6 Å². The van der Waals surface area contributed by atoms with Crippen LogP contribution < -0.4 is 5.32 Å². The third kappa shape index (κ3) is 10.3. The van der Waals surface area contributed by atoms with Gasteiger partial charge in [-0.05, 0) is 27.7 Å². The van der Waals surface area contributed by atoms with E-state index in [9.17, 15) is 23.1 Å². The number of aliphatic hydroxyl groups is 1. The van der Waals surface area contributed by atoms with E-state index in [0.29, 0.717) is 28.8 Å². The molecule has 3 rings (SSSR count). The molecule has 0 saturated carbocycles. The number of nitrogens with zero attached hydrogens (tertiary/aromatic N) is 6. The Kier molecular flexibility index (Phi) is 12.7. The van der Waals surface area contributed by atoms with Gasteiger partial charge in [-0.15, -0.1) is 0 Å². The number of alkyl halides is 3. The van der Waals surface area contributed by atoms with Crippen molar-refractivity contribution < 1.29 is 37.4 Å². The van der Waals surface area contributed by atoms with E-state index in [1.54, 1.807) is 31.3 Å². The molecule has 12 nitrogen and oxygen atoms in total. The maximum absolute atomic E-state index is 12.4. The van der Waals surface area contributed by atoms with E-state index in [1.165, 1.54) is 27.9 Å². The summed E-state index contributed by atoms with van der Waals surface area (Å²) >= 11 is 0. The number of aliphatic hydroxyl groups excluding tert-OH is 1. The first-order valence-corrected chi connectivity index (χ1v) is 15.8. The topological polar surface area (TPSA) is 136 Å². The van der Waals surface area contributed by atoms with Gasteiger partial charge in [0.15, 0.2) is 11.9 Å². The van der Waals surface area contributed by atoms with Crippen molar-refractivity contribution in [3.05, 3.63) is 18.1 Å². The number of oxime groups is 1. The Morgan fingerprint density at radius 3 is 2.75 bits per heavy atom. The molecule has 242 valence electrons. The molecule has 1 aliphatic rings. The Hall–Kier alpha value is -3.04. The number of carbonyl (C=O) groups excluding carboxylic acids is 1. The van der Waals surface area contributed by atoms with Crippen molar-refractivity contribution in [3.8, 4) is 11.8 Å².